The number of urea groups is 1. The third-order valence-electron chi connectivity index (χ3n) is 5.69. The maximum absolute atomic E-state index is 13.1. The Hall–Kier alpha value is -3.40. The number of rotatable bonds is 5. The number of aromatic nitrogens is 2. The molecule has 7 nitrogen and oxygen atoms in total. The fraction of sp³-hybridized carbons (Fsp3) is 0.348. The van der Waals surface area contributed by atoms with Gasteiger partial charge in [0.2, 0.25) is 0 Å². The summed E-state index contributed by atoms with van der Waals surface area (Å²) in [6.45, 7) is 2.73. The van der Waals surface area contributed by atoms with Crippen LogP contribution in [0.3, 0.4) is 0 Å². The number of hydrogen-bond acceptors (Lipinski definition) is 4. The average molecular weight is 459 g/mol. The highest BCUT2D eigenvalue weighted by molar-refractivity contribution is 5.77. The van der Waals surface area contributed by atoms with Gasteiger partial charge in [-0.25, -0.2) is 9.78 Å². The van der Waals surface area contributed by atoms with Crippen LogP contribution in [0.25, 0.3) is 10.9 Å². The Morgan fingerprint density at radius 3 is 2.48 bits per heavy atom. The molecule has 2 aromatic carbocycles. The van der Waals surface area contributed by atoms with Crippen LogP contribution in [-0.2, 0) is 19.1 Å². The summed E-state index contributed by atoms with van der Waals surface area (Å²) in [5.41, 5.74) is -0.0535. The molecule has 33 heavy (non-hydrogen) atoms. The molecule has 2 amide bonds. The van der Waals surface area contributed by atoms with Crippen molar-refractivity contribution in [3.05, 3.63) is 75.8 Å². The van der Waals surface area contributed by atoms with Gasteiger partial charge in [0.15, 0.2) is 0 Å². The molecular formula is C23H24F3N5O2. The first kappa shape index (κ1) is 22.8. The van der Waals surface area contributed by atoms with Gasteiger partial charge in [0.25, 0.3) is 5.56 Å². The number of H-pyrrole nitrogens is 1. The Balaban J connectivity index is 1.26. The number of aromatic amines is 1. The molecule has 0 spiro atoms. The summed E-state index contributed by atoms with van der Waals surface area (Å²) >= 11 is 0. The Labute approximate surface area is 188 Å². The van der Waals surface area contributed by atoms with Crippen LogP contribution in [0, 0.1) is 0 Å². The molecule has 0 radical (unpaired) electrons. The summed E-state index contributed by atoms with van der Waals surface area (Å²) in [5.74, 6) is 0.569. The monoisotopic (exact) mass is 459 g/mol. The minimum absolute atomic E-state index is 0.0996. The van der Waals surface area contributed by atoms with Crippen LogP contribution in [0.1, 0.15) is 17.0 Å². The minimum Gasteiger partial charge on any atom is -0.338 e. The van der Waals surface area contributed by atoms with Gasteiger partial charge >= 0.3 is 12.2 Å². The molecule has 0 saturated carbocycles. The molecule has 174 valence electrons. The second-order valence-electron chi connectivity index (χ2n) is 7.93. The van der Waals surface area contributed by atoms with Crippen molar-refractivity contribution in [1.29, 1.82) is 0 Å². The fourth-order valence-corrected chi connectivity index (χ4v) is 3.96. The number of hydrogen-bond donors (Lipinski definition) is 2. The summed E-state index contributed by atoms with van der Waals surface area (Å²) in [6, 6.07) is 12.2. The van der Waals surface area contributed by atoms with Gasteiger partial charge in [0.05, 0.1) is 23.0 Å². The Morgan fingerprint density at radius 1 is 1.03 bits per heavy atom. The number of carbonyl (C=O) groups is 1. The molecule has 1 aliphatic heterocycles. The SMILES string of the molecule is O=C(NCCc1ccccc1C(F)(F)F)N1CCN(Cc2nc3ccccc3c(=O)[nH]2)CC1. The van der Waals surface area contributed by atoms with Crippen molar-refractivity contribution in [3.8, 4) is 0 Å². The number of piperazine rings is 1. The van der Waals surface area contributed by atoms with Crippen molar-refractivity contribution in [2.24, 2.45) is 0 Å². The lowest BCUT2D eigenvalue weighted by molar-refractivity contribution is -0.138. The van der Waals surface area contributed by atoms with E-state index >= 15 is 0 Å². The van der Waals surface area contributed by atoms with Crippen molar-refractivity contribution in [2.75, 3.05) is 32.7 Å². The fourth-order valence-electron chi connectivity index (χ4n) is 3.96. The third-order valence-corrected chi connectivity index (χ3v) is 5.69. The standard InChI is InChI=1S/C23H24F3N5O2/c24-23(25,26)18-7-3-1-5-16(18)9-10-27-22(33)31-13-11-30(12-14-31)15-20-28-19-8-4-2-6-17(19)21(32)29-20/h1-8H,9-15H2,(H,27,33)(H,28,29,32). The van der Waals surface area contributed by atoms with E-state index in [2.05, 4.69) is 20.2 Å². The molecular weight excluding hydrogens is 435 g/mol. The summed E-state index contributed by atoms with van der Waals surface area (Å²) in [5, 5.41) is 3.26. The van der Waals surface area contributed by atoms with Crippen LogP contribution < -0.4 is 10.9 Å². The van der Waals surface area contributed by atoms with Gasteiger partial charge in [-0.05, 0) is 30.2 Å². The zero-order valence-electron chi connectivity index (χ0n) is 17.9. The Morgan fingerprint density at radius 2 is 1.73 bits per heavy atom. The second kappa shape index (κ2) is 9.62. The van der Waals surface area contributed by atoms with Gasteiger partial charge in [-0.1, -0.05) is 30.3 Å². The van der Waals surface area contributed by atoms with Crippen molar-refractivity contribution in [1.82, 2.24) is 25.1 Å². The smallest absolute Gasteiger partial charge is 0.338 e. The zero-order chi connectivity index (χ0) is 23.4. The molecule has 1 aliphatic rings. The number of para-hydroxylation sites is 1. The van der Waals surface area contributed by atoms with Crippen LogP contribution in [-0.4, -0.2) is 58.5 Å². The molecule has 1 fully saturated rings. The van der Waals surface area contributed by atoms with Gasteiger partial charge in [-0.2, -0.15) is 13.2 Å². The van der Waals surface area contributed by atoms with Crippen molar-refractivity contribution < 1.29 is 18.0 Å². The Kier molecular flexibility index (Phi) is 6.64. The molecule has 2 N–H and O–H groups in total. The molecule has 3 aromatic rings. The average Bonchev–Trinajstić information content (AvgIpc) is 2.79. The van der Waals surface area contributed by atoms with E-state index in [0.717, 1.165) is 6.07 Å². The van der Waals surface area contributed by atoms with E-state index in [-0.39, 0.29) is 30.1 Å². The minimum atomic E-state index is -4.42. The highest BCUT2D eigenvalue weighted by atomic mass is 19.4. The topological polar surface area (TPSA) is 81.3 Å². The van der Waals surface area contributed by atoms with Gasteiger partial charge in [0.1, 0.15) is 5.82 Å². The number of halogens is 3. The number of nitrogens with one attached hydrogen (secondary N) is 2. The van der Waals surface area contributed by atoms with Crippen LogP contribution in [0.15, 0.2) is 53.3 Å². The van der Waals surface area contributed by atoms with Gasteiger partial charge in [-0.3, -0.25) is 9.69 Å². The van der Waals surface area contributed by atoms with E-state index < -0.39 is 11.7 Å². The third kappa shape index (κ3) is 5.51. The number of alkyl halides is 3. The van der Waals surface area contributed by atoms with E-state index in [0.29, 0.717) is 49.5 Å². The second-order valence-corrected chi connectivity index (χ2v) is 7.93. The summed E-state index contributed by atoms with van der Waals surface area (Å²) in [4.78, 5) is 35.7. The number of amides is 2. The van der Waals surface area contributed by atoms with Crippen molar-refractivity contribution in [3.63, 3.8) is 0 Å². The molecule has 10 heteroatoms. The molecule has 4 rings (SSSR count). The highest BCUT2D eigenvalue weighted by Gasteiger charge is 2.32. The number of nitrogens with zero attached hydrogens (tertiary/aromatic N) is 3. The van der Waals surface area contributed by atoms with E-state index in [1.54, 1.807) is 29.2 Å². The molecule has 0 unspecified atom stereocenters. The first-order valence-electron chi connectivity index (χ1n) is 10.7. The molecule has 0 atom stereocenters. The largest absolute Gasteiger partial charge is 0.416 e. The lowest BCUT2D eigenvalue weighted by atomic mass is 10.0. The predicted octanol–water partition coefficient (Wildman–Crippen LogP) is 3.01. The quantitative estimate of drug-likeness (QED) is 0.615. The molecule has 1 saturated heterocycles. The molecule has 0 aliphatic carbocycles. The highest BCUT2D eigenvalue weighted by Crippen LogP contribution is 2.31. The number of benzene rings is 2. The van der Waals surface area contributed by atoms with Crippen molar-refractivity contribution in [2.45, 2.75) is 19.1 Å². The summed E-state index contributed by atoms with van der Waals surface area (Å²) in [7, 11) is 0. The maximum Gasteiger partial charge on any atom is 0.416 e. The number of fused-ring (bicyclic) bond motifs is 1. The van der Waals surface area contributed by atoms with Crippen LogP contribution in [0.5, 0.6) is 0 Å². The molecule has 0 bridgehead atoms. The Bertz CT molecular complexity index is 1190. The maximum atomic E-state index is 13.1. The summed E-state index contributed by atoms with van der Waals surface area (Å²) < 4.78 is 39.3. The first-order valence-corrected chi connectivity index (χ1v) is 10.7. The lowest BCUT2D eigenvalue weighted by Crippen LogP contribution is -2.51. The molecule has 1 aromatic heterocycles. The van der Waals surface area contributed by atoms with Gasteiger partial charge < -0.3 is 15.2 Å². The van der Waals surface area contributed by atoms with E-state index in [1.807, 2.05) is 6.07 Å². The van der Waals surface area contributed by atoms with Crippen molar-refractivity contribution >= 4 is 16.9 Å². The predicted molar refractivity (Wildman–Crippen MR) is 118 cm³/mol. The van der Waals surface area contributed by atoms with Crippen LogP contribution in [0.4, 0.5) is 18.0 Å². The van der Waals surface area contributed by atoms with Crippen LogP contribution >= 0.6 is 0 Å². The van der Waals surface area contributed by atoms with E-state index in [1.165, 1.54) is 12.1 Å². The summed E-state index contributed by atoms with van der Waals surface area (Å²) in [6.07, 6.45) is -4.32. The number of carbonyl (C=O) groups excluding carboxylic acids is 1. The van der Waals surface area contributed by atoms with Gasteiger partial charge in [-0.15, -0.1) is 0 Å². The van der Waals surface area contributed by atoms with Crippen LogP contribution in [0.2, 0.25) is 0 Å². The normalized spacial score (nSPS) is 15.1. The van der Waals surface area contributed by atoms with E-state index in [4.69, 9.17) is 0 Å². The van der Waals surface area contributed by atoms with Gasteiger partial charge in [0, 0.05) is 32.7 Å². The van der Waals surface area contributed by atoms with E-state index in [9.17, 15) is 22.8 Å². The first-order chi connectivity index (χ1) is 15.8. The lowest BCUT2D eigenvalue weighted by Gasteiger charge is -2.34. The molecule has 2 heterocycles. The zero-order valence-corrected chi connectivity index (χ0v) is 17.9.